The predicted octanol–water partition coefficient (Wildman–Crippen LogP) is 1.90. The fraction of sp³-hybridized carbons (Fsp3) is 0.348. The molecule has 3 N–H and O–H groups in total. The summed E-state index contributed by atoms with van der Waals surface area (Å²) in [6.07, 6.45) is 0.440. The van der Waals surface area contributed by atoms with Gasteiger partial charge in [-0.25, -0.2) is 8.78 Å². The molecular formula is C23H24F2N4O3. The van der Waals surface area contributed by atoms with E-state index in [1.165, 1.54) is 17.1 Å². The Morgan fingerprint density at radius 1 is 1.22 bits per heavy atom. The third-order valence-electron chi connectivity index (χ3n) is 5.66. The van der Waals surface area contributed by atoms with Crippen molar-refractivity contribution in [3.8, 4) is 0 Å². The van der Waals surface area contributed by atoms with Gasteiger partial charge in [-0.05, 0) is 55.6 Å². The standard InChI is InChI=1S/C23H24F2N4O3/c24-15-9-14(10-16(25)12-15)11-19(22(31)18-7-4-8-26-18)27-23(32)20-13-21(30)29(28-20)17-5-2-1-3-6-17/h1-3,5-6,9-10,12,18-19,22,26,31H,4,7-8,11,13H2,(H,27,32)/t18-,19-,22+/m0/s1. The fourth-order valence-electron chi connectivity index (χ4n) is 4.10. The Morgan fingerprint density at radius 3 is 2.59 bits per heavy atom. The smallest absolute Gasteiger partial charge is 0.268 e. The highest BCUT2D eigenvalue weighted by molar-refractivity contribution is 6.44. The van der Waals surface area contributed by atoms with E-state index in [1.54, 1.807) is 30.3 Å². The van der Waals surface area contributed by atoms with Crippen LogP contribution in [0.15, 0.2) is 53.6 Å². The van der Waals surface area contributed by atoms with Crippen molar-refractivity contribution in [1.29, 1.82) is 0 Å². The minimum atomic E-state index is -0.990. The Labute approximate surface area is 184 Å². The minimum Gasteiger partial charge on any atom is -0.389 e. The van der Waals surface area contributed by atoms with Crippen LogP contribution < -0.4 is 15.6 Å². The number of hydrogen-bond donors (Lipinski definition) is 3. The van der Waals surface area contributed by atoms with E-state index in [0.29, 0.717) is 17.7 Å². The molecule has 2 aliphatic rings. The molecule has 4 rings (SSSR count). The maximum atomic E-state index is 13.7. The van der Waals surface area contributed by atoms with E-state index in [4.69, 9.17) is 0 Å². The normalized spacial score (nSPS) is 20.2. The van der Waals surface area contributed by atoms with E-state index < -0.39 is 29.7 Å². The fourth-order valence-corrected chi connectivity index (χ4v) is 4.10. The van der Waals surface area contributed by atoms with Crippen LogP contribution in [0, 0.1) is 11.6 Å². The second kappa shape index (κ2) is 9.54. The molecule has 0 radical (unpaired) electrons. The lowest BCUT2D eigenvalue weighted by Gasteiger charge is -2.28. The number of nitrogens with one attached hydrogen (secondary N) is 2. The third kappa shape index (κ3) is 5.00. The minimum absolute atomic E-state index is 0.0147. The molecular weight excluding hydrogens is 418 g/mol. The van der Waals surface area contributed by atoms with Crippen molar-refractivity contribution in [3.63, 3.8) is 0 Å². The molecule has 0 aromatic heterocycles. The Kier molecular flexibility index (Phi) is 6.57. The summed E-state index contributed by atoms with van der Waals surface area (Å²) in [7, 11) is 0. The number of amides is 2. The molecule has 0 spiro atoms. The number of carbonyl (C=O) groups is 2. The van der Waals surface area contributed by atoms with E-state index >= 15 is 0 Å². The average molecular weight is 442 g/mol. The molecule has 0 saturated carbocycles. The quantitative estimate of drug-likeness (QED) is 0.611. The summed E-state index contributed by atoms with van der Waals surface area (Å²) in [4.78, 5) is 25.3. The van der Waals surface area contributed by atoms with Crippen LogP contribution in [-0.2, 0) is 16.0 Å². The van der Waals surface area contributed by atoms with Gasteiger partial charge in [0.25, 0.3) is 11.8 Å². The van der Waals surface area contributed by atoms with Gasteiger partial charge in [0, 0.05) is 12.1 Å². The number of carbonyl (C=O) groups excluding carboxylic acids is 2. The summed E-state index contributed by atoms with van der Waals surface area (Å²) in [5.41, 5.74) is 0.864. The molecule has 2 aromatic carbocycles. The van der Waals surface area contributed by atoms with Crippen LogP contribution in [0.5, 0.6) is 0 Å². The van der Waals surface area contributed by atoms with Gasteiger partial charge in [-0.1, -0.05) is 18.2 Å². The summed E-state index contributed by atoms with van der Waals surface area (Å²) in [5, 5.41) is 22.1. The maximum absolute atomic E-state index is 13.7. The number of para-hydroxylation sites is 1. The van der Waals surface area contributed by atoms with E-state index in [9.17, 15) is 23.5 Å². The van der Waals surface area contributed by atoms with E-state index in [-0.39, 0.29) is 30.5 Å². The van der Waals surface area contributed by atoms with Gasteiger partial charge in [-0.15, -0.1) is 0 Å². The van der Waals surface area contributed by atoms with Crippen molar-refractivity contribution in [3.05, 3.63) is 65.7 Å². The number of hydrogen-bond acceptors (Lipinski definition) is 5. The van der Waals surface area contributed by atoms with Crippen molar-refractivity contribution in [2.24, 2.45) is 5.10 Å². The lowest BCUT2D eigenvalue weighted by Crippen LogP contribution is -2.53. The maximum Gasteiger partial charge on any atom is 0.268 e. The Morgan fingerprint density at radius 2 is 1.94 bits per heavy atom. The first-order chi connectivity index (χ1) is 15.4. The monoisotopic (exact) mass is 442 g/mol. The van der Waals surface area contributed by atoms with Crippen LogP contribution in [-0.4, -0.2) is 47.4 Å². The Balaban J connectivity index is 1.53. The molecule has 0 unspecified atom stereocenters. The van der Waals surface area contributed by atoms with E-state index in [2.05, 4.69) is 15.7 Å². The molecule has 168 valence electrons. The van der Waals surface area contributed by atoms with Gasteiger partial charge >= 0.3 is 0 Å². The molecule has 3 atom stereocenters. The SMILES string of the molecule is O=C(N[C@@H](Cc1cc(F)cc(F)c1)[C@H](O)[C@@H]1CCCN1)C1=NN(c2ccccc2)C(=O)C1. The van der Waals surface area contributed by atoms with Gasteiger partial charge in [-0.2, -0.15) is 10.1 Å². The summed E-state index contributed by atoms with van der Waals surface area (Å²) < 4.78 is 27.3. The highest BCUT2D eigenvalue weighted by atomic mass is 19.1. The second-order valence-corrected chi connectivity index (χ2v) is 8.02. The molecule has 2 aliphatic heterocycles. The Hall–Kier alpha value is -3.17. The number of aliphatic hydroxyl groups excluding tert-OH is 1. The van der Waals surface area contributed by atoms with E-state index in [0.717, 1.165) is 19.0 Å². The molecule has 7 nitrogen and oxygen atoms in total. The molecule has 2 heterocycles. The number of anilines is 1. The lowest BCUT2D eigenvalue weighted by molar-refractivity contribution is -0.119. The van der Waals surface area contributed by atoms with Crippen molar-refractivity contribution < 1.29 is 23.5 Å². The van der Waals surface area contributed by atoms with Crippen LogP contribution >= 0.6 is 0 Å². The van der Waals surface area contributed by atoms with Crippen molar-refractivity contribution in [2.75, 3.05) is 11.6 Å². The highest BCUT2D eigenvalue weighted by Crippen LogP contribution is 2.21. The molecule has 0 bridgehead atoms. The molecule has 1 fully saturated rings. The Bertz CT molecular complexity index is 1000. The first kappa shape index (κ1) is 22.0. The molecule has 2 aromatic rings. The topological polar surface area (TPSA) is 94.0 Å². The largest absolute Gasteiger partial charge is 0.389 e. The average Bonchev–Trinajstić information content (AvgIpc) is 3.43. The summed E-state index contributed by atoms with van der Waals surface area (Å²) in [6, 6.07) is 10.8. The first-order valence-corrected chi connectivity index (χ1v) is 10.5. The summed E-state index contributed by atoms with van der Waals surface area (Å²) in [6.45, 7) is 0.740. The second-order valence-electron chi connectivity index (χ2n) is 8.02. The van der Waals surface area contributed by atoms with Crippen LogP contribution in [0.2, 0.25) is 0 Å². The molecule has 1 saturated heterocycles. The van der Waals surface area contributed by atoms with Gasteiger partial charge in [-0.3, -0.25) is 9.59 Å². The zero-order valence-electron chi connectivity index (χ0n) is 17.3. The summed E-state index contributed by atoms with van der Waals surface area (Å²) >= 11 is 0. The lowest BCUT2D eigenvalue weighted by atomic mass is 9.95. The number of hydrazone groups is 1. The van der Waals surface area contributed by atoms with Gasteiger partial charge in [0.05, 0.1) is 24.3 Å². The first-order valence-electron chi connectivity index (χ1n) is 10.5. The van der Waals surface area contributed by atoms with Crippen LogP contribution in [0.1, 0.15) is 24.8 Å². The molecule has 2 amide bonds. The molecule has 32 heavy (non-hydrogen) atoms. The molecule has 9 heteroatoms. The zero-order chi connectivity index (χ0) is 22.7. The summed E-state index contributed by atoms with van der Waals surface area (Å²) in [5.74, 6) is -2.41. The zero-order valence-corrected chi connectivity index (χ0v) is 17.3. The number of aliphatic hydroxyl groups is 1. The van der Waals surface area contributed by atoms with Gasteiger partial charge in [0.1, 0.15) is 17.3 Å². The number of halogens is 2. The van der Waals surface area contributed by atoms with Gasteiger partial charge in [0.15, 0.2) is 0 Å². The third-order valence-corrected chi connectivity index (χ3v) is 5.66. The highest BCUT2D eigenvalue weighted by Gasteiger charge is 2.34. The van der Waals surface area contributed by atoms with Gasteiger partial charge in [0.2, 0.25) is 0 Å². The number of rotatable bonds is 7. The predicted molar refractivity (Wildman–Crippen MR) is 115 cm³/mol. The number of nitrogens with zero attached hydrogens (tertiary/aromatic N) is 2. The number of benzene rings is 2. The van der Waals surface area contributed by atoms with Crippen LogP contribution in [0.25, 0.3) is 0 Å². The van der Waals surface area contributed by atoms with Crippen LogP contribution in [0.4, 0.5) is 14.5 Å². The van der Waals surface area contributed by atoms with E-state index in [1.807, 2.05) is 0 Å². The van der Waals surface area contributed by atoms with Crippen molar-refractivity contribution >= 4 is 23.2 Å². The van der Waals surface area contributed by atoms with Crippen molar-refractivity contribution in [2.45, 2.75) is 43.9 Å². The van der Waals surface area contributed by atoms with Crippen LogP contribution in [0.3, 0.4) is 0 Å². The van der Waals surface area contributed by atoms with Gasteiger partial charge < -0.3 is 15.7 Å². The van der Waals surface area contributed by atoms with Crippen molar-refractivity contribution in [1.82, 2.24) is 10.6 Å². The molecule has 0 aliphatic carbocycles.